The number of thiophene rings is 1. The van der Waals surface area contributed by atoms with Crippen LogP contribution in [-0.4, -0.2) is 12.4 Å². The lowest BCUT2D eigenvalue weighted by Gasteiger charge is -2.07. The highest BCUT2D eigenvalue weighted by molar-refractivity contribution is 7.10. The van der Waals surface area contributed by atoms with Crippen molar-refractivity contribution in [2.24, 2.45) is 5.73 Å². The Morgan fingerprint density at radius 2 is 2.50 bits per heavy atom. The average Bonchev–Trinajstić information content (AvgIpc) is 2.51. The van der Waals surface area contributed by atoms with Crippen molar-refractivity contribution in [3.63, 3.8) is 0 Å². The molecule has 0 saturated carbocycles. The van der Waals surface area contributed by atoms with Crippen molar-refractivity contribution >= 4 is 23.7 Å². The van der Waals surface area contributed by atoms with Crippen molar-refractivity contribution in [1.29, 1.82) is 0 Å². The molecular weight excluding hydrogens is 178 g/mol. The zero-order chi connectivity index (χ0) is 8.97. The lowest BCUT2D eigenvalue weighted by molar-refractivity contribution is -0.143. The highest BCUT2D eigenvalue weighted by atomic mass is 32.1. The molecule has 0 radical (unpaired) electrons. The predicted octanol–water partition coefficient (Wildman–Crippen LogP) is 0.447. The van der Waals surface area contributed by atoms with Crippen LogP contribution in [0.5, 0.6) is 0 Å². The molecule has 2 N–H and O–H groups in total. The Kier molecular flexibility index (Phi) is 2.82. The van der Waals surface area contributed by atoms with Gasteiger partial charge in [0, 0.05) is 0 Å². The van der Waals surface area contributed by atoms with Gasteiger partial charge in [-0.05, 0) is 11.4 Å². The lowest BCUT2D eigenvalue weighted by atomic mass is 10.3. The maximum Gasteiger partial charge on any atom is 0.294 e. The van der Waals surface area contributed by atoms with Crippen molar-refractivity contribution in [3.05, 3.63) is 22.4 Å². The summed E-state index contributed by atoms with van der Waals surface area (Å²) in [7, 11) is 0. The molecule has 0 aliphatic rings. The number of carbonyl (C=O) groups excluding carboxylic acids is 2. The smallest absolute Gasteiger partial charge is 0.294 e. The van der Waals surface area contributed by atoms with Gasteiger partial charge in [0.05, 0.1) is 4.88 Å². The summed E-state index contributed by atoms with van der Waals surface area (Å²) in [6, 6.07) is 3.44. The molecule has 12 heavy (non-hydrogen) atoms. The van der Waals surface area contributed by atoms with Gasteiger partial charge in [-0.15, -0.1) is 11.3 Å². The van der Waals surface area contributed by atoms with Crippen molar-refractivity contribution < 1.29 is 14.3 Å². The van der Waals surface area contributed by atoms with E-state index in [9.17, 15) is 9.59 Å². The fraction of sp³-hybridized carbons (Fsp3) is 0.143. The van der Waals surface area contributed by atoms with E-state index in [1.807, 2.05) is 0 Å². The molecule has 1 aromatic heterocycles. The van der Waals surface area contributed by atoms with Crippen LogP contribution >= 0.6 is 11.3 Å². The Bertz CT molecular complexity index is 270. The summed E-state index contributed by atoms with van der Waals surface area (Å²) in [6.07, 6.45) is -0.942. The molecule has 0 spiro atoms. The second-order valence-corrected chi connectivity index (χ2v) is 3.01. The zero-order valence-electron chi connectivity index (χ0n) is 6.10. The lowest BCUT2D eigenvalue weighted by Crippen LogP contribution is -2.22. The monoisotopic (exact) mass is 185 g/mol. The van der Waals surface area contributed by atoms with Crippen LogP contribution in [0.15, 0.2) is 17.5 Å². The number of ether oxygens (including phenoxy) is 1. The summed E-state index contributed by atoms with van der Waals surface area (Å²) in [6.45, 7) is 0.217. The van der Waals surface area contributed by atoms with E-state index in [0.717, 1.165) is 0 Å². The summed E-state index contributed by atoms with van der Waals surface area (Å²) in [5.74, 6) is -0.662. The quantitative estimate of drug-likeness (QED) is 0.692. The topological polar surface area (TPSA) is 69.4 Å². The summed E-state index contributed by atoms with van der Waals surface area (Å²) >= 11 is 1.31. The number of hydrogen-bond donors (Lipinski definition) is 1. The third-order valence-electron chi connectivity index (χ3n) is 1.25. The molecule has 64 valence electrons. The maximum atomic E-state index is 10.7. The molecule has 0 fully saturated rings. The highest BCUT2D eigenvalue weighted by Gasteiger charge is 2.19. The molecule has 1 amide bonds. The molecule has 5 heteroatoms. The van der Waals surface area contributed by atoms with Gasteiger partial charge in [0.15, 0.2) is 0 Å². The number of nitrogens with two attached hydrogens (primary N) is 1. The van der Waals surface area contributed by atoms with E-state index in [4.69, 9.17) is 5.73 Å². The zero-order valence-corrected chi connectivity index (χ0v) is 6.91. The van der Waals surface area contributed by atoms with Gasteiger partial charge in [-0.3, -0.25) is 9.59 Å². The van der Waals surface area contributed by atoms with E-state index in [2.05, 4.69) is 4.74 Å². The number of rotatable bonds is 4. The Labute approximate surface area is 72.9 Å². The average molecular weight is 185 g/mol. The number of primary amides is 1. The first kappa shape index (κ1) is 8.73. The molecule has 0 aliphatic heterocycles. The van der Waals surface area contributed by atoms with Gasteiger partial charge in [0.25, 0.3) is 12.4 Å². The van der Waals surface area contributed by atoms with Gasteiger partial charge in [0.2, 0.25) is 6.10 Å². The minimum Gasteiger partial charge on any atom is -0.449 e. The molecule has 0 bridgehead atoms. The largest absolute Gasteiger partial charge is 0.449 e. The SMILES string of the molecule is NC(=O)C(OC=O)c1cccs1. The van der Waals surface area contributed by atoms with Crippen molar-refractivity contribution in [1.82, 2.24) is 0 Å². The molecule has 0 aliphatic carbocycles. The van der Waals surface area contributed by atoms with Crippen molar-refractivity contribution in [2.75, 3.05) is 0 Å². The molecule has 1 atom stereocenters. The van der Waals surface area contributed by atoms with Crippen molar-refractivity contribution in [3.8, 4) is 0 Å². The van der Waals surface area contributed by atoms with Gasteiger partial charge in [-0.1, -0.05) is 6.07 Å². The summed E-state index contributed by atoms with van der Waals surface area (Å²) < 4.78 is 4.50. The van der Waals surface area contributed by atoms with Gasteiger partial charge >= 0.3 is 0 Å². The fourth-order valence-corrected chi connectivity index (χ4v) is 1.54. The number of amides is 1. The fourth-order valence-electron chi connectivity index (χ4n) is 0.770. The third-order valence-corrected chi connectivity index (χ3v) is 2.17. The Balaban J connectivity index is 2.80. The predicted molar refractivity (Wildman–Crippen MR) is 43.4 cm³/mol. The van der Waals surface area contributed by atoms with Crippen LogP contribution in [-0.2, 0) is 14.3 Å². The summed E-state index contributed by atoms with van der Waals surface area (Å²) in [5, 5.41) is 1.78. The van der Waals surface area contributed by atoms with Gasteiger partial charge in [0.1, 0.15) is 0 Å². The first-order valence-corrected chi connectivity index (χ1v) is 4.05. The van der Waals surface area contributed by atoms with E-state index in [1.54, 1.807) is 17.5 Å². The summed E-state index contributed by atoms with van der Waals surface area (Å²) in [4.78, 5) is 21.4. The van der Waals surface area contributed by atoms with Crippen LogP contribution < -0.4 is 5.73 Å². The van der Waals surface area contributed by atoms with Crippen LogP contribution in [0.4, 0.5) is 0 Å². The maximum absolute atomic E-state index is 10.7. The molecule has 1 heterocycles. The molecule has 0 aromatic carbocycles. The van der Waals surface area contributed by atoms with E-state index >= 15 is 0 Å². The minimum atomic E-state index is -0.942. The van der Waals surface area contributed by atoms with E-state index in [-0.39, 0.29) is 6.47 Å². The standard InChI is InChI=1S/C7H7NO3S/c8-7(10)6(11-4-9)5-2-1-3-12-5/h1-4,6H,(H2,8,10). The van der Waals surface area contributed by atoms with E-state index in [1.165, 1.54) is 11.3 Å². The second-order valence-electron chi connectivity index (χ2n) is 2.03. The Morgan fingerprint density at radius 1 is 1.75 bits per heavy atom. The van der Waals surface area contributed by atoms with Gasteiger partial charge in [-0.2, -0.15) is 0 Å². The summed E-state index contributed by atoms with van der Waals surface area (Å²) in [5.41, 5.74) is 5.00. The molecule has 1 rings (SSSR count). The van der Waals surface area contributed by atoms with Gasteiger partial charge < -0.3 is 10.5 Å². The van der Waals surface area contributed by atoms with Crippen LogP contribution in [0.3, 0.4) is 0 Å². The Morgan fingerprint density at radius 3 is 2.92 bits per heavy atom. The first-order valence-electron chi connectivity index (χ1n) is 3.17. The molecule has 4 nitrogen and oxygen atoms in total. The van der Waals surface area contributed by atoms with E-state index in [0.29, 0.717) is 4.88 Å². The number of hydrogen-bond acceptors (Lipinski definition) is 4. The minimum absolute atomic E-state index is 0.217. The third kappa shape index (κ3) is 1.82. The second kappa shape index (κ2) is 3.87. The molecular formula is C7H7NO3S. The molecule has 0 saturated heterocycles. The van der Waals surface area contributed by atoms with Crippen LogP contribution in [0.2, 0.25) is 0 Å². The van der Waals surface area contributed by atoms with E-state index < -0.39 is 12.0 Å². The highest BCUT2D eigenvalue weighted by Crippen LogP contribution is 2.20. The van der Waals surface area contributed by atoms with Crippen LogP contribution in [0, 0.1) is 0 Å². The normalized spacial score (nSPS) is 12.0. The molecule has 1 aromatic rings. The van der Waals surface area contributed by atoms with Gasteiger partial charge in [-0.25, -0.2) is 0 Å². The first-order chi connectivity index (χ1) is 5.75. The number of carbonyl (C=O) groups is 2. The molecule has 1 unspecified atom stereocenters. The van der Waals surface area contributed by atoms with Crippen LogP contribution in [0.25, 0.3) is 0 Å². The van der Waals surface area contributed by atoms with Crippen molar-refractivity contribution in [2.45, 2.75) is 6.10 Å². The Hall–Kier alpha value is -1.36. The van der Waals surface area contributed by atoms with Crippen LogP contribution in [0.1, 0.15) is 11.0 Å².